The van der Waals surface area contributed by atoms with Gasteiger partial charge in [-0.05, 0) is 25.1 Å². The van der Waals surface area contributed by atoms with Gasteiger partial charge in [0.25, 0.3) is 5.91 Å². The van der Waals surface area contributed by atoms with Gasteiger partial charge in [0, 0.05) is 16.1 Å². The van der Waals surface area contributed by atoms with E-state index in [1.165, 1.54) is 33.5 Å². The van der Waals surface area contributed by atoms with Crippen molar-refractivity contribution < 1.29 is 28.5 Å². The van der Waals surface area contributed by atoms with E-state index in [9.17, 15) is 9.59 Å². The van der Waals surface area contributed by atoms with Gasteiger partial charge in [-0.1, -0.05) is 29.8 Å². The van der Waals surface area contributed by atoms with Crippen LogP contribution in [0.3, 0.4) is 0 Å². The topological polar surface area (TPSA) is 83.1 Å². The van der Waals surface area contributed by atoms with Crippen molar-refractivity contribution in [2.75, 3.05) is 27.9 Å². The van der Waals surface area contributed by atoms with Gasteiger partial charge in [0.15, 0.2) is 11.5 Å². The van der Waals surface area contributed by atoms with Gasteiger partial charge in [-0.25, -0.2) is 0 Å². The van der Waals surface area contributed by atoms with Gasteiger partial charge >= 0.3 is 5.97 Å². The van der Waals surface area contributed by atoms with E-state index in [-0.39, 0.29) is 12.1 Å². The normalized spacial score (nSPS) is 11.3. The molecule has 28 heavy (non-hydrogen) atoms. The van der Waals surface area contributed by atoms with Gasteiger partial charge in [-0.2, -0.15) is 0 Å². The number of amides is 1. The molecule has 2 aromatic rings. The van der Waals surface area contributed by atoms with E-state index >= 15 is 0 Å². The third-order valence-electron chi connectivity index (χ3n) is 3.97. The summed E-state index contributed by atoms with van der Waals surface area (Å²) in [5.74, 6) is -0.0341. The maximum absolute atomic E-state index is 12.4. The minimum atomic E-state index is -0.590. The van der Waals surface area contributed by atoms with Gasteiger partial charge in [0.2, 0.25) is 5.75 Å². The Morgan fingerprint density at radius 2 is 1.64 bits per heavy atom. The average molecular weight is 408 g/mol. The lowest BCUT2D eigenvalue weighted by Gasteiger charge is -2.16. The Hall–Kier alpha value is -2.93. The third kappa shape index (κ3) is 5.07. The van der Waals surface area contributed by atoms with Crippen LogP contribution in [-0.4, -0.2) is 39.8 Å². The molecule has 0 saturated heterocycles. The van der Waals surface area contributed by atoms with Crippen molar-refractivity contribution in [3.05, 3.63) is 52.5 Å². The number of hydrogen-bond donors (Lipinski definition) is 1. The lowest BCUT2D eigenvalue weighted by Crippen LogP contribution is -2.31. The molecule has 0 aromatic heterocycles. The molecule has 0 saturated carbocycles. The second-order valence-corrected chi connectivity index (χ2v) is 6.16. The molecule has 1 atom stereocenters. The molecular weight excluding hydrogens is 386 g/mol. The van der Waals surface area contributed by atoms with Gasteiger partial charge in [-0.15, -0.1) is 0 Å². The maximum Gasteiger partial charge on any atom is 0.326 e. The van der Waals surface area contributed by atoms with Gasteiger partial charge in [0.05, 0.1) is 21.3 Å². The van der Waals surface area contributed by atoms with Crippen LogP contribution in [0.5, 0.6) is 17.2 Å². The standard InChI is InChI=1S/C20H22ClNO6/c1-12(14-7-5-6-8-15(14)21)28-18(23)11-22-20(24)13-9-16(25-2)19(27-4)17(10-13)26-3/h5-10,12H,11H2,1-4H3,(H,22,24)/t12-/m1/s1. The third-order valence-corrected chi connectivity index (χ3v) is 4.32. The molecule has 0 heterocycles. The summed E-state index contributed by atoms with van der Waals surface area (Å²) in [6, 6.07) is 10.1. The Morgan fingerprint density at radius 1 is 1.04 bits per heavy atom. The Bertz CT molecular complexity index is 829. The molecule has 7 nitrogen and oxygen atoms in total. The highest BCUT2D eigenvalue weighted by Crippen LogP contribution is 2.38. The first-order valence-electron chi connectivity index (χ1n) is 8.43. The number of ether oxygens (including phenoxy) is 4. The van der Waals surface area contributed by atoms with Crippen LogP contribution in [0.25, 0.3) is 0 Å². The number of carbonyl (C=O) groups excluding carboxylic acids is 2. The Kier molecular flexibility index (Phi) is 7.52. The lowest BCUT2D eigenvalue weighted by molar-refractivity contribution is -0.147. The Labute approximate surface area is 168 Å². The predicted octanol–water partition coefficient (Wildman–Crippen LogP) is 3.40. The SMILES string of the molecule is COc1cc(C(=O)NCC(=O)O[C@H](C)c2ccccc2Cl)cc(OC)c1OC. The highest BCUT2D eigenvalue weighted by Gasteiger charge is 2.19. The van der Waals surface area contributed by atoms with E-state index in [0.29, 0.717) is 27.8 Å². The predicted molar refractivity (Wildman–Crippen MR) is 104 cm³/mol. The molecule has 0 bridgehead atoms. The van der Waals surface area contributed by atoms with E-state index in [1.807, 2.05) is 0 Å². The summed E-state index contributed by atoms with van der Waals surface area (Å²) in [4.78, 5) is 24.5. The van der Waals surface area contributed by atoms with Crippen LogP contribution < -0.4 is 19.5 Å². The van der Waals surface area contributed by atoms with Crippen molar-refractivity contribution in [2.45, 2.75) is 13.0 Å². The van der Waals surface area contributed by atoms with Crippen LogP contribution in [0.15, 0.2) is 36.4 Å². The first-order valence-corrected chi connectivity index (χ1v) is 8.81. The Morgan fingerprint density at radius 3 is 2.18 bits per heavy atom. The number of esters is 1. The summed E-state index contributed by atoms with van der Waals surface area (Å²) in [6.07, 6.45) is -0.542. The number of rotatable bonds is 8. The molecule has 8 heteroatoms. The zero-order chi connectivity index (χ0) is 20.7. The summed E-state index contributed by atoms with van der Waals surface area (Å²) in [7, 11) is 4.37. The fourth-order valence-corrected chi connectivity index (χ4v) is 2.86. The first kappa shape index (κ1) is 21.4. The molecule has 1 N–H and O–H groups in total. The zero-order valence-corrected chi connectivity index (χ0v) is 16.8. The molecule has 0 aliphatic rings. The van der Waals surface area contributed by atoms with Crippen LogP contribution >= 0.6 is 11.6 Å². The summed E-state index contributed by atoms with van der Waals surface area (Å²) in [5.41, 5.74) is 0.940. The summed E-state index contributed by atoms with van der Waals surface area (Å²) >= 11 is 6.10. The first-order chi connectivity index (χ1) is 13.4. The molecule has 2 aromatic carbocycles. The van der Waals surface area contributed by atoms with Crippen molar-refractivity contribution in [1.82, 2.24) is 5.32 Å². The van der Waals surface area contributed by atoms with Crippen molar-refractivity contribution >= 4 is 23.5 Å². The van der Waals surface area contributed by atoms with Crippen molar-refractivity contribution in [3.8, 4) is 17.2 Å². The molecule has 0 spiro atoms. The minimum Gasteiger partial charge on any atom is -0.493 e. The molecule has 1 amide bonds. The van der Waals surface area contributed by atoms with Crippen LogP contribution in [0, 0.1) is 0 Å². The molecule has 0 unspecified atom stereocenters. The highest BCUT2D eigenvalue weighted by atomic mass is 35.5. The second-order valence-electron chi connectivity index (χ2n) is 5.75. The molecular formula is C20H22ClNO6. The van der Waals surface area contributed by atoms with E-state index < -0.39 is 18.0 Å². The van der Waals surface area contributed by atoms with Crippen LogP contribution in [0.4, 0.5) is 0 Å². The number of nitrogens with one attached hydrogen (secondary N) is 1. The summed E-state index contributed by atoms with van der Waals surface area (Å²) in [5, 5.41) is 3.02. The van der Waals surface area contributed by atoms with E-state index in [2.05, 4.69) is 5.32 Å². The zero-order valence-electron chi connectivity index (χ0n) is 16.1. The highest BCUT2D eigenvalue weighted by molar-refractivity contribution is 6.31. The largest absolute Gasteiger partial charge is 0.493 e. The lowest BCUT2D eigenvalue weighted by atomic mass is 10.1. The minimum absolute atomic E-state index is 0.251. The molecule has 2 rings (SSSR count). The van der Waals surface area contributed by atoms with Gasteiger partial charge in [-0.3, -0.25) is 9.59 Å². The number of methoxy groups -OCH3 is 3. The van der Waals surface area contributed by atoms with Crippen LogP contribution in [-0.2, 0) is 9.53 Å². The number of carbonyl (C=O) groups is 2. The van der Waals surface area contributed by atoms with Crippen LogP contribution in [0.1, 0.15) is 28.9 Å². The van der Waals surface area contributed by atoms with Crippen molar-refractivity contribution in [2.24, 2.45) is 0 Å². The summed E-state index contributed by atoms with van der Waals surface area (Å²) < 4.78 is 21.0. The molecule has 150 valence electrons. The maximum atomic E-state index is 12.4. The van der Waals surface area contributed by atoms with Gasteiger partial charge in [0.1, 0.15) is 12.6 Å². The molecule has 0 radical (unpaired) electrons. The smallest absolute Gasteiger partial charge is 0.326 e. The fraction of sp³-hybridized carbons (Fsp3) is 0.300. The van der Waals surface area contributed by atoms with Gasteiger partial charge < -0.3 is 24.3 Å². The van der Waals surface area contributed by atoms with E-state index in [1.54, 1.807) is 31.2 Å². The fourth-order valence-electron chi connectivity index (χ4n) is 2.57. The van der Waals surface area contributed by atoms with Crippen molar-refractivity contribution in [3.63, 3.8) is 0 Å². The number of hydrogen-bond acceptors (Lipinski definition) is 6. The molecule has 0 fully saturated rings. The summed E-state index contributed by atoms with van der Waals surface area (Å²) in [6.45, 7) is 1.41. The Balaban J connectivity index is 2.01. The van der Waals surface area contributed by atoms with Crippen LogP contribution in [0.2, 0.25) is 5.02 Å². The van der Waals surface area contributed by atoms with Crippen molar-refractivity contribution in [1.29, 1.82) is 0 Å². The monoisotopic (exact) mass is 407 g/mol. The molecule has 0 aliphatic carbocycles. The molecule has 0 aliphatic heterocycles. The van der Waals surface area contributed by atoms with E-state index in [0.717, 1.165) is 0 Å². The average Bonchev–Trinajstić information content (AvgIpc) is 2.70. The van der Waals surface area contributed by atoms with E-state index in [4.69, 9.17) is 30.5 Å². The number of halogens is 1. The quantitative estimate of drug-likeness (QED) is 0.675. The number of benzene rings is 2. The second kappa shape index (κ2) is 9.85.